The second-order valence-corrected chi connectivity index (χ2v) is 9.43. The zero-order valence-electron chi connectivity index (χ0n) is 20.4. The highest BCUT2D eigenvalue weighted by Crippen LogP contribution is 2.42. The van der Waals surface area contributed by atoms with Crippen LogP contribution in [0.5, 0.6) is 5.88 Å². The molecule has 0 saturated heterocycles. The Bertz CT molecular complexity index is 1570. The Labute approximate surface area is 211 Å². The van der Waals surface area contributed by atoms with Gasteiger partial charge in [0.25, 0.3) is 0 Å². The lowest BCUT2D eigenvalue weighted by Crippen LogP contribution is -2.29. The number of amides is 1. The van der Waals surface area contributed by atoms with E-state index in [0.29, 0.717) is 52.1 Å². The summed E-state index contributed by atoms with van der Waals surface area (Å²) < 4.78 is 37.3. The highest BCUT2D eigenvalue weighted by atomic mass is 19.1. The van der Waals surface area contributed by atoms with Crippen molar-refractivity contribution in [2.45, 2.75) is 32.5 Å². The molecule has 11 heteroatoms. The van der Waals surface area contributed by atoms with Crippen LogP contribution in [0.2, 0.25) is 0 Å². The first kappa shape index (κ1) is 23.1. The van der Waals surface area contributed by atoms with Crippen LogP contribution in [0.3, 0.4) is 0 Å². The molecule has 9 nitrogen and oxygen atoms in total. The summed E-state index contributed by atoms with van der Waals surface area (Å²) >= 11 is 0. The lowest BCUT2D eigenvalue weighted by Gasteiger charge is -2.23. The Morgan fingerprint density at radius 1 is 1.16 bits per heavy atom. The number of benzene rings is 1. The Morgan fingerprint density at radius 3 is 2.84 bits per heavy atom. The smallest absolute Gasteiger partial charge is 0.244 e. The van der Waals surface area contributed by atoms with Crippen molar-refractivity contribution in [3.8, 4) is 17.0 Å². The second kappa shape index (κ2) is 8.68. The molecule has 5 heterocycles. The Kier molecular flexibility index (Phi) is 5.43. The van der Waals surface area contributed by atoms with Crippen molar-refractivity contribution in [3.63, 3.8) is 0 Å². The van der Waals surface area contributed by atoms with Gasteiger partial charge in [0.15, 0.2) is 11.6 Å². The standard InChI is InChI=1S/C26H25F2N7O2/c1-13-17(10-31-26-23(13)19(27)4-6-37-26)16-7-14-8-20(30-11-18(14)25(29)24(16)28)32-21-9-15-3-5-34(2)22(36)12-35(15)33-21/h7-11,19H,3-6,12,29H2,1-2H3,(H,30,32,33)/t19-/m1/s1. The zero-order chi connectivity index (χ0) is 25.8. The number of alkyl halides is 1. The molecule has 6 rings (SSSR count). The molecule has 4 aromatic rings. The third kappa shape index (κ3) is 3.90. The lowest BCUT2D eigenvalue weighted by molar-refractivity contribution is -0.130. The molecule has 3 N–H and O–H groups in total. The van der Waals surface area contributed by atoms with E-state index in [1.807, 2.05) is 6.07 Å². The molecule has 190 valence electrons. The fourth-order valence-corrected chi connectivity index (χ4v) is 4.96. The van der Waals surface area contributed by atoms with Gasteiger partial charge in [0.2, 0.25) is 11.8 Å². The first-order chi connectivity index (χ1) is 17.8. The monoisotopic (exact) mass is 505 g/mol. The van der Waals surface area contributed by atoms with Crippen LogP contribution in [-0.4, -0.2) is 50.8 Å². The van der Waals surface area contributed by atoms with Gasteiger partial charge in [-0.1, -0.05) is 0 Å². The number of pyridine rings is 2. The molecular formula is C26H25F2N7O2. The van der Waals surface area contributed by atoms with E-state index in [4.69, 9.17) is 10.5 Å². The summed E-state index contributed by atoms with van der Waals surface area (Å²) in [5.41, 5.74) is 8.67. The summed E-state index contributed by atoms with van der Waals surface area (Å²) in [6.45, 7) is 2.80. The van der Waals surface area contributed by atoms with Crippen LogP contribution in [0, 0.1) is 12.7 Å². The van der Waals surface area contributed by atoms with Gasteiger partial charge in [-0.05, 0) is 30.0 Å². The fraction of sp³-hybridized carbons (Fsp3) is 0.308. The molecule has 37 heavy (non-hydrogen) atoms. The maximum Gasteiger partial charge on any atom is 0.244 e. The molecule has 1 atom stereocenters. The van der Waals surface area contributed by atoms with Crippen LogP contribution in [0.1, 0.15) is 29.4 Å². The summed E-state index contributed by atoms with van der Waals surface area (Å²) in [6, 6.07) is 5.30. The number of fused-ring (bicyclic) bond motifs is 3. The predicted molar refractivity (Wildman–Crippen MR) is 135 cm³/mol. The largest absolute Gasteiger partial charge is 0.477 e. The van der Waals surface area contributed by atoms with Crippen molar-refractivity contribution in [2.24, 2.45) is 0 Å². The quantitative estimate of drug-likeness (QED) is 0.404. The first-order valence-electron chi connectivity index (χ1n) is 12.0. The van der Waals surface area contributed by atoms with E-state index in [1.165, 1.54) is 12.4 Å². The van der Waals surface area contributed by atoms with Crippen molar-refractivity contribution in [3.05, 3.63) is 53.2 Å². The van der Waals surface area contributed by atoms with Crippen LogP contribution in [0.15, 0.2) is 30.6 Å². The number of nitrogens with two attached hydrogens (primary N) is 1. The van der Waals surface area contributed by atoms with Crippen molar-refractivity contribution in [2.75, 3.05) is 31.2 Å². The predicted octanol–water partition coefficient (Wildman–Crippen LogP) is 4.07. The summed E-state index contributed by atoms with van der Waals surface area (Å²) in [6.07, 6.45) is 2.69. The number of hydrogen-bond donors (Lipinski definition) is 2. The van der Waals surface area contributed by atoms with Crippen LogP contribution in [0.25, 0.3) is 21.9 Å². The fourth-order valence-electron chi connectivity index (χ4n) is 4.96. The van der Waals surface area contributed by atoms with Crippen molar-refractivity contribution in [1.29, 1.82) is 0 Å². The Hall–Kier alpha value is -4.28. The van der Waals surface area contributed by atoms with E-state index >= 15 is 4.39 Å². The zero-order valence-corrected chi connectivity index (χ0v) is 20.4. The third-order valence-electron chi connectivity index (χ3n) is 7.10. The molecule has 0 spiro atoms. The molecule has 2 aliphatic rings. The first-order valence-corrected chi connectivity index (χ1v) is 12.0. The summed E-state index contributed by atoms with van der Waals surface area (Å²) in [5, 5.41) is 8.78. The molecule has 0 radical (unpaired) electrons. The maximum absolute atomic E-state index is 15.4. The molecule has 1 aromatic carbocycles. The number of nitrogen functional groups attached to an aromatic ring is 1. The van der Waals surface area contributed by atoms with E-state index in [2.05, 4.69) is 20.4 Å². The molecule has 0 bridgehead atoms. The van der Waals surface area contributed by atoms with Gasteiger partial charge < -0.3 is 20.7 Å². The molecule has 1 amide bonds. The average molecular weight is 506 g/mol. The van der Waals surface area contributed by atoms with E-state index in [0.717, 1.165) is 5.69 Å². The van der Waals surface area contributed by atoms with Crippen LogP contribution in [0.4, 0.5) is 26.1 Å². The van der Waals surface area contributed by atoms with Crippen LogP contribution in [-0.2, 0) is 17.8 Å². The third-order valence-corrected chi connectivity index (χ3v) is 7.10. The van der Waals surface area contributed by atoms with Crippen LogP contribution >= 0.6 is 0 Å². The van der Waals surface area contributed by atoms with Gasteiger partial charge in [0.1, 0.15) is 18.5 Å². The number of aromatic nitrogens is 4. The molecule has 0 unspecified atom stereocenters. The van der Waals surface area contributed by atoms with Gasteiger partial charge in [0.05, 0.1) is 17.9 Å². The molecule has 0 saturated carbocycles. The molecule has 0 fully saturated rings. The van der Waals surface area contributed by atoms with Gasteiger partial charge in [-0.15, -0.1) is 0 Å². The maximum atomic E-state index is 15.4. The molecule has 3 aromatic heterocycles. The number of ether oxygens (including phenoxy) is 1. The topological polar surface area (TPSA) is 111 Å². The normalized spacial score (nSPS) is 17.2. The number of rotatable bonds is 3. The van der Waals surface area contributed by atoms with Gasteiger partial charge in [0, 0.05) is 67.1 Å². The van der Waals surface area contributed by atoms with Crippen molar-refractivity contribution >= 4 is 34.0 Å². The van der Waals surface area contributed by atoms with Crippen molar-refractivity contribution < 1.29 is 18.3 Å². The number of carbonyl (C=O) groups excluding carboxylic acids is 1. The van der Waals surface area contributed by atoms with Gasteiger partial charge in [-0.25, -0.2) is 18.7 Å². The van der Waals surface area contributed by atoms with Gasteiger partial charge >= 0.3 is 0 Å². The number of carbonyl (C=O) groups is 1. The number of halogens is 2. The highest BCUT2D eigenvalue weighted by molar-refractivity contribution is 5.98. The lowest BCUT2D eigenvalue weighted by atomic mass is 9.93. The molecule has 0 aliphatic carbocycles. The molecular weight excluding hydrogens is 480 g/mol. The highest BCUT2D eigenvalue weighted by Gasteiger charge is 2.27. The van der Waals surface area contributed by atoms with Gasteiger partial charge in [-0.2, -0.15) is 5.10 Å². The van der Waals surface area contributed by atoms with E-state index in [-0.39, 0.29) is 42.6 Å². The Balaban J connectivity index is 1.37. The minimum Gasteiger partial charge on any atom is -0.477 e. The SMILES string of the molecule is Cc1c(-c2cc3cc(Nc4cc5n(n4)CC(=O)N(C)CC5)ncc3c(N)c2F)cnc2c1[C@H](F)CCO2. The molecule has 2 aliphatic heterocycles. The summed E-state index contributed by atoms with van der Waals surface area (Å²) in [5.74, 6) is 0.674. The number of likely N-dealkylation sites (N-methyl/N-ethyl adjacent to an activating group) is 1. The summed E-state index contributed by atoms with van der Waals surface area (Å²) in [4.78, 5) is 22.5. The van der Waals surface area contributed by atoms with Gasteiger partial charge in [-0.3, -0.25) is 9.48 Å². The number of hydrogen-bond acceptors (Lipinski definition) is 7. The van der Waals surface area contributed by atoms with E-state index in [9.17, 15) is 9.18 Å². The van der Waals surface area contributed by atoms with Crippen molar-refractivity contribution in [1.82, 2.24) is 24.6 Å². The minimum atomic E-state index is -1.22. The van der Waals surface area contributed by atoms with E-state index < -0.39 is 12.0 Å². The number of nitrogens with one attached hydrogen (secondary N) is 1. The van der Waals surface area contributed by atoms with E-state index in [1.54, 1.807) is 35.7 Å². The second-order valence-electron chi connectivity index (χ2n) is 9.43. The number of nitrogens with zero attached hydrogens (tertiary/aromatic N) is 5. The minimum absolute atomic E-state index is 0.000124. The number of anilines is 3. The van der Waals surface area contributed by atoms with Crippen LogP contribution < -0.4 is 15.8 Å². The average Bonchev–Trinajstić information content (AvgIpc) is 3.19. The summed E-state index contributed by atoms with van der Waals surface area (Å²) in [7, 11) is 1.78. The Morgan fingerprint density at radius 2 is 2.00 bits per heavy atom.